The van der Waals surface area contributed by atoms with Crippen LogP contribution in [-0.2, 0) is 6.61 Å². The van der Waals surface area contributed by atoms with Crippen LogP contribution in [0, 0.1) is 10.1 Å². The Balaban J connectivity index is 1.31. The van der Waals surface area contributed by atoms with Crippen LogP contribution in [0.3, 0.4) is 0 Å². The lowest BCUT2D eigenvalue weighted by Crippen LogP contribution is -2.16. The minimum absolute atomic E-state index is 0.0176. The van der Waals surface area contributed by atoms with Gasteiger partial charge in [0.25, 0.3) is 11.6 Å². The second-order valence-electron chi connectivity index (χ2n) is 7.90. The number of hydrogen-bond acceptors (Lipinski definition) is 6. The van der Waals surface area contributed by atoms with Gasteiger partial charge in [-0.25, -0.2) is 5.43 Å². The number of hydrazone groups is 1. The molecule has 0 unspecified atom stereocenters. The molecule has 0 fully saturated rings. The van der Waals surface area contributed by atoms with E-state index in [1.807, 2.05) is 42.5 Å². The second-order valence-corrected chi connectivity index (χ2v) is 9.90. The fourth-order valence-electron chi connectivity index (χ4n) is 3.80. The molecule has 1 heterocycles. The smallest absolute Gasteiger partial charge is 0.281 e. The van der Waals surface area contributed by atoms with Crippen molar-refractivity contribution in [2.45, 2.75) is 6.61 Å². The molecule has 0 aliphatic carbocycles. The minimum atomic E-state index is -0.459. The Morgan fingerprint density at radius 3 is 2.72 bits per heavy atom. The van der Waals surface area contributed by atoms with E-state index in [9.17, 15) is 14.9 Å². The Labute approximate surface area is 218 Å². The quantitative estimate of drug-likeness (QED) is 0.131. The minimum Gasteiger partial charge on any atom is -0.488 e. The molecule has 0 atom stereocenters. The number of ether oxygens (including phenoxy) is 1. The fraction of sp³-hybridized carbons (Fsp3) is 0.0370. The molecule has 9 heteroatoms. The highest BCUT2D eigenvalue weighted by Gasteiger charge is 2.13. The maximum atomic E-state index is 12.6. The van der Waals surface area contributed by atoms with E-state index >= 15 is 0 Å². The number of carbonyl (C=O) groups excluding carboxylic acids is 1. The molecule has 0 aliphatic rings. The van der Waals surface area contributed by atoms with Crippen LogP contribution in [0.4, 0.5) is 5.69 Å². The van der Waals surface area contributed by atoms with Crippen LogP contribution in [0.2, 0.25) is 0 Å². The molecular weight excluding hydrogens is 542 g/mol. The molecule has 7 nitrogen and oxygen atoms in total. The van der Waals surface area contributed by atoms with Crippen molar-refractivity contribution in [3.05, 3.63) is 116 Å². The number of nitro benzene ring substituents is 1. The van der Waals surface area contributed by atoms with Crippen molar-refractivity contribution in [1.82, 2.24) is 5.43 Å². The number of non-ortho nitro benzene ring substituents is 1. The van der Waals surface area contributed by atoms with Gasteiger partial charge < -0.3 is 4.74 Å². The summed E-state index contributed by atoms with van der Waals surface area (Å²) in [5.74, 6) is 0.224. The molecule has 36 heavy (non-hydrogen) atoms. The van der Waals surface area contributed by atoms with Crippen LogP contribution >= 0.6 is 27.3 Å². The molecule has 4 aromatic carbocycles. The van der Waals surface area contributed by atoms with Crippen molar-refractivity contribution >= 4 is 65.9 Å². The first-order chi connectivity index (χ1) is 17.5. The molecule has 0 spiro atoms. The molecule has 5 aromatic rings. The predicted octanol–water partition coefficient (Wildman–Crippen LogP) is 7.07. The van der Waals surface area contributed by atoms with Crippen molar-refractivity contribution in [2.75, 3.05) is 0 Å². The summed E-state index contributed by atoms with van der Waals surface area (Å²) in [7, 11) is 0. The number of nitro groups is 1. The number of benzene rings is 4. The molecular formula is C27H18BrN3O4S. The highest BCUT2D eigenvalue weighted by atomic mass is 79.9. The van der Waals surface area contributed by atoms with E-state index in [0.717, 1.165) is 25.5 Å². The number of nitrogens with zero attached hydrogens (tertiary/aromatic N) is 2. The first-order valence-electron chi connectivity index (χ1n) is 10.9. The summed E-state index contributed by atoms with van der Waals surface area (Å²) in [6.07, 6.45) is 1.53. The average Bonchev–Trinajstić information content (AvgIpc) is 3.32. The van der Waals surface area contributed by atoms with Crippen molar-refractivity contribution in [3.8, 4) is 5.75 Å². The monoisotopic (exact) mass is 559 g/mol. The zero-order chi connectivity index (χ0) is 25.1. The van der Waals surface area contributed by atoms with E-state index in [1.54, 1.807) is 12.1 Å². The van der Waals surface area contributed by atoms with Crippen LogP contribution in [0.5, 0.6) is 5.75 Å². The van der Waals surface area contributed by atoms with Gasteiger partial charge in [0, 0.05) is 32.3 Å². The molecule has 0 radical (unpaired) electrons. The summed E-state index contributed by atoms with van der Waals surface area (Å²) >= 11 is 4.71. The second kappa shape index (κ2) is 10.3. The lowest BCUT2D eigenvalue weighted by molar-refractivity contribution is -0.384. The first kappa shape index (κ1) is 23.7. The molecule has 178 valence electrons. The van der Waals surface area contributed by atoms with Gasteiger partial charge in [-0.15, -0.1) is 11.3 Å². The number of hydrogen-bond donors (Lipinski definition) is 1. The third kappa shape index (κ3) is 5.12. The summed E-state index contributed by atoms with van der Waals surface area (Å²) in [4.78, 5) is 23.6. The maximum Gasteiger partial charge on any atom is 0.281 e. The van der Waals surface area contributed by atoms with E-state index in [-0.39, 0.29) is 5.69 Å². The van der Waals surface area contributed by atoms with Crippen LogP contribution in [0.1, 0.15) is 20.8 Å². The summed E-state index contributed by atoms with van der Waals surface area (Å²) in [6.45, 7) is 0.379. The molecule has 0 bridgehead atoms. The van der Waals surface area contributed by atoms with Gasteiger partial charge in [0.1, 0.15) is 12.4 Å². The summed E-state index contributed by atoms with van der Waals surface area (Å²) in [6, 6.07) is 26.0. The normalized spacial score (nSPS) is 11.2. The van der Waals surface area contributed by atoms with Crippen LogP contribution in [-0.4, -0.2) is 17.0 Å². The largest absolute Gasteiger partial charge is 0.488 e. The number of halogens is 1. The fourth-order valence-corrected chi connectivity index (χ4v) is 5.11. The number of thiophene rings is 1. The van der Waals surface area contributed by atoms with E-state index in [0.29, 0.717) is 28.2 Å². The third-order valence-corrected chi connectivity index (χ3v) is 7.15. The highest BCUT2D eigenvalue weighted by molar-refractivity contribution is 9.10. The van der Waals surface area contributed by atoms with E-state index in [4.69, 9.17) is 4.74 Å². The number of amides is 1. The lowest BCUT2D eigenvalue weighted by atomic mass is 10.1. The van der Waals surface area contributed by atoms with Crippen molar-refractivity contribution in [3.63, 3.8) is 0 Å². The van der Waals surface area contributed by atoms with Gasteiger partial charge in [-0.1, -0.05) is 58.4 Å². The van der Waals surface area contributed by atoms with Crippen LogP contribution < -0.4 is 10.2 Å². The van der Waals surface area contributed by atoms with Gasteiger partial charge in [0.15, 0.2) is 0 Å². The third-order valence-electron chi connectivity index (χ3n) is 5.54. The molecule has 1 amide bonds. The van der Waals surface area contributed by atoms with E-state index in [1.165, 1.54) is 29.7 Å². The number of fused-ring (bicyclic) bond motifs is 2. The lowest BCUT2D eigenvalue weighted by Gasteiger charge is -2.11. The molecule has 1 N–H and O–H groups in total. The Morgan fingerprint density at radius 2 is 1.86 bits per heavy atom. The zero-order valence-electron chi connectivity index (χ0n) is 18.7. The summed E-state index contributed by atoms with van der Waals surface area (Å²) in [5.41, 5.74) is 4.27. The zero-order valence-corrected chi connectivity index (χ0v) is 21.1. The summed E-state index contributed by atoms with van der Waals surface area (Å²) in [5, 5.41) is 18.0. The average molecular weight is 560 g/mol. The van der Waals surface area contributed by atoms with Gasteiger partial charge >= 0.3 is 0 Å². The topological polar surface area (TPSA) is 93.8 Å². The van der Waals surface area contributed by atoms with Crippen LogP contribution in [0.15, 0.2) is 94.5 Å². The van der Waals surface area contributed by atoms with Crippen molar-refractivity contribution in [1.29, 1.82) is 0 Å². The Morgan fingerprint density at radius 1 is 1.03 bits per heavy atom. The van der Waals surface area contributed by atoms with E-state index in [2.05, 4.69) is 44.7 Å². The highest BCUT2D eigenvalue weighted by Crippen LogP contribution is 2.29. The molecule has 0 aliphatic heterocycles. The van der Waals surface area contributed by atoms with E-state index < -0.39 is 10.8 Å². The Bertz CT molecular complexity index is 1640. The van der Waals surface area contributed by atoms with Crippen molar-refractivity contribution in [2.24, 2.45) is 5.10 Å². The summed E-state index contributed by atoms with van der Waals surface area (Å²) < 4.78 is 7.75. The number of nitrogens with one attached hydrogen (secondary N) is 1. The molecule has 0 saturated heterocycles. The number of carbonyl (C=O) groups is 1. The molecule has 0 saturated carbocycles. The van der Waals surface area contributed by atoms with Gasteiger partial charge in [0.2, 0.25) is 0 Å². The van der Waals surface area contributed by atoms with Crippen LogP contribution in [0.25, 0.3) is 20.9 Å². The number of rotatable bonds is 7. The SMILES string of the molecule is O=C(N/N=C\c1cc(Br)ccc1OCc1cccc2ccccc12)c1cc2cc([N+](=O)[O-])ccc2s1. The Hall–Kier alpha value is -4.08. The first-order valence-corrected chi connectivity index (χ1v) is 12.5. The molecule has 5 rings (SSSR count). The van der Waals surface area contributed by atoms with Gasteiger partial charge in [-0.3, -0.25) is 14.9 Å². The predicted molar refractivity (Wildman–Crippen MR) is 146 cm³/mol. The van der Waals surface area contributed by atoms with Crippen molar-refractivity contribution < 1.29 is 14.5 Å². The molecule has 1 aromatic heterocycles. The standard InChI is InChI=1S/C27H18BrN3O4S/c28-21-8-10-24(35-16-18-6-3-5-17-4-1-2-7-23(17)18)20(12-21)15-29-30-27(32)26-14-19-13-22(31(33)34)9-11-25(19)36-26/h1-15H,16H2,(H,30,32)/b29-15-. The van der Waals surface area contributed by atoms with Gasteiger partial charge in [-0.2, -0.15) is 5.10 Å². The van der Waals surface area contributed by atoms with Gasteiger partial charge in [-0.05, 0) is 46.7 Å². The Kier molecular flexibility index (Phi) is 6.75. The van der Waals surface area contributed by atoms with Gasteiger partial charge in [0.05, 0.1) is 16.0 Å². The maximum absolute atomic E-state index is 12.6.